The third-order valence-electron chi connectivity index (χ3n) is 13.1. The van der Waals surface area contributed by atoms with Gasteiger partial charge in [0.25, 0.3) is 22.2 Å². The van der Waals surface area contributed by atoms with Crippen LogP contribution in [-0.2, 0) is 5.41 Å². The molecule has 0 bridgehead atoms. The lowest BCUT2D eigenvalue weighted by atomic mass is 9.67. The zero-order valence-electron chi connectivity index (χ0n) is 34.8. The summed E-state index contributed by atoms with van der Waals surface area (Å²) in [5.74, 6) is 5.10. The van der Waals surface area contributed by atoms with Gasteiger partial charge in [-0.25, -0.2) is 9.13 Å². The van der Waals surface area contributed by atoms with Gasteiger partial charge < -0.3 is 17.7 Å². The van der Waals surface area contributed by atoms with E-state index in [1.807, 2.05) is 60.7 Å². The second kappa shape index (κ2) is 13.7. The van der Waals surface area contributed by atoms with E-state index in [-0.39, 0.29) is 32.7 Å². The number of terminal acetylenes is 2. The Balaban J connectivity index is 1.00. The summed E-state index contributed by atoms with van der Waals surface area (Å²) in [6, 6.07) is 47.6. The normalized spacial score (nSPS) is 12.8. The lowest BCUT2D eigenvalue weighted by Gasteiger charge is -2.33. The Morgan fingerprint density at radius 1 is 0.373 bits per heavy atom. The Labute approximate surface area is 376 Å². The van der Waals surface area contributed by atoms with Crippen LogP contribution in [0.4, 0.5) is 0 Å². The molecule has 0 radical (unpaired) electrons. The maximum Gasteiger partial charge on any atom is 0.266 e. The fourth-order valence-electron chi connectivity index (χ4n) is 10.0. The average Bonchev–Trinajstić information content (AvgIpc) is 3.90. The zero-order chi connectivity index (χ0) is 45.3. The number of fused-ring (bicyclic) bond motifs is 9. The quantitative estimate of drug-likeness (QED) is 0.126. The summed E-state index contributed by atoms with van der Waals surface area (Å²) in [5, 5.41) is 0.779. The van der Waals surface area contributed by atoms with Crippen molar-refractivity contribution in [3.8, 4) is 47.2 Å². The second-order valence-electron chi connectivity index (χ2n) is 16.5. The van der Waals surface area contributed by atoms with Crippen molar-refractivity contribution in [2.45, 2.75) is 5.41 Å². The standard InChI is InChI=1S/C57H28N2O8/c1-3-31-13-19-35(20-14-31)58-53(60)39-27-49-51(29-41(39)55(58)62)66-47-25-33(17-23-45(47)64-49)57(43-11-7-5-9-37(43)38-10-6-8-12-44(38)57)34-18-24-46-48(26-34)67-52-30-42-40(28-50(52)65-46)54(61)59(56(42)63)36-21-15-32(4-2)16-22-36/h1-2,5-30H. The second-order valence-corrected chi connectivity index (χ2v) is 16.5. The maximum atomic E-state index is 13.8. The summed E-state index contributed by atoms with van der Waals surface area (Å²) in [4.78, 5) is 54.9. The molecule has 0 spiro atoms. The van der Waals surface area contributed by atoms with E-state index in [9.17, 15) is 19.2 Å². The molecule has 4 aromatic heterocycles. The monoisotopic (exact) mass is 868 g/mol. The van der Waals surface area contributed by atoms with Crippen molar-refractivity contribution in [3.63, 3.8) is 0 Å². The SMILES string of the molecule is C#Cc1ccc(-n2c(=O)c3cc4oc5ccc(C6(c7ccc8oc9cc%10c(=O)n(-c%11ccc(C#C)cc%11)c(=O)c%10cc9oc8c7)c7ccccc7-c7ccccc76)cc5oc4cc3c2=O)cc1. The molecular formula is C57H28N2O8. The van der Waals surface area contributed by atoms with Crippen LogP contribution >= 0.6 is 0 Å². The van der Waals surface area contributed by atoms with Gasteiger partial charge in [-0.15, -0.1) is 12.8 Å². The van der Waals surface area contributed by atoms with Gasteiger partial charge in [0.1, 0.15) is 0 Å². The van der Waals surface area contributed by atoms with E-state index in [0.717, 1.165) is 42.5 Å². The van der Waals surface area contributed by atoms with Gasteiger partial charge in [0.15, 0.2) is 44.7 Å². The van der Waals surface area contributed by atoms with E-state index in [2.05, 4.69) is 36.1 Å². The molecule has 12 aromatic rings. The van der Waals surface area contributed by atoms with Crippen LogP contribution in [-0.4, -0.2) is 9.13 Å². The van der Waals surface area contributed by atoms with Crippen molar-refractivity contribution in [2.24, 2.45) is 0 Å². The largest absolute Gasteiger partial charge is 0.449 e. The van der Waals surface area contributed by atoms with E-state index < -0.39 is 27.7 Å². The molecule has 1 aliphatic rings. The summed E-state index contributed by atoms with van der Waals surface area (Å²) in [6.07, 6.45) is 11.1. The van der Waals surface area contributed by atoms with Crippen molar-refractivity contribution < 1.29 is 17.7 Å². The first-order chi connectivity index (χ1) is 32.7. The minimum atomic E-state index is -0.934. The fraction of sp³-hybridized carbons (Fsp3) is 0.0175. The van der Waals surface area contributed by atoms with Gasteiger partial charge in [-0.3, -0.25) is 19.2 Å². The minimum Gasteiger partial charge on any atom is -0.449 e. The summed E-state index contributed by atoms with van der Waals surface area (Å²) >= 11 is 0. The van der Waals surface area contributed by atoms with E-state index in [4.69, 9.17) is 30.5 Å². The van der Waals surface area contributed by atoms with Crippen LogP contribution in [0.2, 0.25) is 0 Å². The number of rotatable bonds is 4. The Kier molecular flexibility index (Phi) is 7.73. The summed E-state index contributed by atoms with van der Waals surface area (Å²) in [7, 11) is 0. The van der Waals surface area contributed by atoms with Crippen LogP contribution < -0.4 is 22.2 Å². The highest BCUT2D eigenvalue weighted by Crippen LogP contribution is 2.56. The molecule has 0 saturated carbocycles. The van der Waals surface area contributed by atoms with Gasteiger partial charge in [0, 0.05) is 11.1 Å². The van der Waals surface area contributed by atoms with Gasteiger partial charge in [-0.05, 0) is 130 Å². The highest BCUT2D eigenvalue weighted by Gasteiger charge is 2.46. The lowest BCUT2D eigenvalue weighted by molar-refractivity contribution is 0.579. The lowest BCUT2D eigenvalue weighted by Crippen LogP contribution is -2.28. The molecule has 0 aliphatic heterocycles. The van der Waals surface area contributed by atoms with Gasteiger partial charge in [0.05, 0.1) is 38.3 Å². The third-order valence-corrected chi connectivity index (χ3v) is 13.1. The van der Waals surface area contributed by atoms with E-state index in [0.29, 0.717) is 56.0 Å². The van der Waals surface area contributed by atoms with Crippen LogP contribution in [0.1, 0.15) is 33.4 Å². The van der Waals surface area contributed by atoms with Crippen LogP contribution in [0.5, 0.6) is 0 Å². The van der Waals surface area contributed by atoms with Crippen molar-refractivity contribution in [1.29, 1.82) is 0 Å². The topological polar surface area (TPSA) is 131 Å². The average molecular weight is 869 g/mol. The molecule has 1 aliphatic carbocycles. The van der Waals surface area contributed by atoms with Gasteiger partial charge in [-0.2, -0.15) is 0 Å². The number of aromatic nitrogens is 2. The summed E-state index contributed by atoms with van der Waals surface area (Å²) in [5.41, 5.74) is 7.81. The Hall–Kier alpha value is -9.64. The summed E-state index contributed by atoms with van der Waals surface area (Å²) < 4.78 is 28.3. The molecule has 314 valence electrons. The first-order valence-electron chi connectivity index (χ1n) is 21.2. The molecule has 10 heteroatoms. The van der Waals surface area contributed by atoms with Gasteiger partial charge >= 0.3 is 0 Å². The van der Waals surface area contributed by atoms with E-state index in [1.165, 1.54) is 0 Å². The van der Waals surface area contributed by atoms with Crippen LogP contribution in [0.25, 0.3) is 88.7 Å². The van der Waals surface area contributed by atoms with Crippen LogP contribution in [0.15, 0.2) is 195 Å². The van der Waals surface area contributed by atoms with Crippen molar-refractivity contribution in [3.05, 3.63) is 233 Å². The minimum absolute atomic E-state index is 0.189. The van der Waals surface area contributed by atoms with E-state index >= 15 is 0 Å². The predicted molar refractivity (Wildman–Crippen MR) is 257 cm³/mol. The molecule has 13 rings (SSSR count). The maximum absolute atomic E-state index is 13.8. The molecule has 10 nitrogen and oxygen atoms in total. The molecule has 67 heavy (non-hydrogen) atoms. The molecule has 0 N–H and O–H groups in total. The van der Waals surface area contributed by atoms with Crippen molar-refractivity contribution in [2.75, 3.05) is 0 Å². The first-order valence-corrected chi connectivity index (χ1v) is 21.2. The molecule has 4 heterocycles. The van der Waals surface area contributed by atoms with Crippen LogP contribution in [0.3, 0.4) is 0 Å². The third kappa shape index (κ3) is 5.24. The highest BCUT2D eigenvalue weighted by molar-refractivity contribution is 5.97. The summed E-state index contributed by atoms with van der Waals surface area (Å²) in [6.45, 7) is 0. The molecule has 0 unspecified atom stereocenters. The highest BCUT2D eigenvalue weighted by atomic mass is 16.4. The Bertz CT molecular complexity index is 4210. The number of benzene rings is 8. The molecule has 0 atom stereocenters. The van der Waals surface area contributed by atoms with E-state index in [1.54, 1.807) is 72.8 Å². The smallest absolute Gasteiger partial charge is 0.266 e. The van der Waals surface area contributed by atoms with Crippen molar-refractivity contribution >= 4 is 66.2 Å². The Morgan fingerprint density at radius 3 is 1.06 bits per heavy atom. The zero-order valence-corrected chi connectivity index (χ0v) is 34.8. The molecule has 0 saturated heterocycles. The van der Waals surface area contributed by atoms with Crippen LogP contribution in [0, 0.1) is 24.7 Å². The Morgan fingerprint density at radius 2 is 0.701 bits per heavy atom. The predicted octanol–water partition coefficient (Wildman–Crippen LogP) is 10.3. The van der Waals surface area contributed by atoms with Gasteiger partial charge in [-0.1, -0.05) is 72.5 Å². The fourth-order valence-corrected chi connectivity index (χ4v) is 10.0. The number of nitrogens with zero attached hydrogens (tertiary/aromatic N) is 2. The molecule has 0 fully saturated rings. The molecular weight excluding hydrogens is 841 g/mol. The first kappa shape index (κ1) is 37.9. The number of hydrogen-bond acceptors (Lipinski definition) is 8. The molecule has 8 aromatic carbocycles. The number of hydrogen-bond donors (Lipinski definition) is 0. The van der Waals surface area contributed by atoms with Crippen molar-refractivity contribution in [1.82, 2.24) is 9.13 Å². The van der Waals surface area contributed by atoms with Gasteiger partial charge in [0.2, 0.25) is 0 Å². The molecule has 0 amide bonds.